The summed E-state index contributed by atoms with van der Waals surface area (Å²) in [6.07, 6.45) is 2.96. The van der Waals surface area contributed by atoms with Crippen LogP contribution in [-0.4, -0.2) is 30.6 Å². The number of amides is 1. The molecule has 4 nitrogen and oxygen atoms in total. The van der Waals surface area contributed by atoms with Crippen LogP contribution in [0.5, 0.6) is 0 Å². The van der Waals surface area contributed by atoms with Gasteiger partial charge in [0.1, 0.15) is 0 Å². The molecule has 1 saturated heterocycles. The standard InChI is InChI=1S/C18H24N2O2/c21-17(20-11-16-14-9-19-10-15(14)16)18(22,13-7-4-8-13)12-5-2-1-3-6-12/h1-3,5-6,13-16,19,22H,4,7-11H2,(H,20,21)/t14-,15?,16+,18?/m0/s1. The summed E-state index contributed by atoms with van der Waals surface area (Å²) in [6, 6.07) is 9.44. The Kier molecular flexibility index (Phi) is 3.46. The number of fused-ring (bicyclic) bond motifs is 1. The van der Waals surface area contributed by atoms with E-state index in [0.717, 1.165) is 49.8 Å². The van der Waals surface area contributed by atoms with E-state index in [1.54, 1.807) is 0 Å². The summed E-state index contributed by atoms with van der Waals surface area (Å²) in [5.41, 5.74) is -0.628. The van der Waals surface area contributed by atoms with Crippen molar-refractivity contribution in [2.45, 2.75) is 24.9 Å². The van der Waals surface area contributed by atoms with Crippen LogP contribution >= 0.6 is 0 Å². The van der Waals surface area contributed by atoms with Gasteiger partial charge in [0.25, 0.3) is 5.91 Å². The van der Waals surface area contributed by atoms with Gasteiger partial charge in [-0.2, -0.15) is 0 Å². The fourth-order valence-corrected chi connectivity index (χ4v) is 4.27. The highest BCUT2D eigenvalue weighted by atomic mass is 16.3. The fraction of sp³-hybridized carbons (Fsp3) is 0.611. The number of rotatable bonds is 5. The molecule has 2 unspecified atom stereocenters. The average molecular weight is 300 g/mol. The summed E-state index contributed by atoms with van der Waals surface area (Å²) in [4.78, 5) is 12.8. The molecule has 2 saturated carbocycles. The second-order valence-electron chi connectivity index (χ2n) is 7.12. The molecular weight excluding hydrogens is 276 g/mol. The van der Waals surface area contributed by atoms with E-state index in [1.165, 1.54) is 0 Å². The molecule has 3 N–H and O–H groups in total. The minimum absolute atomic E-state index is 0.0512. The first-order chi connectivity index (χ1) is 10.7. The van der Waals surface area contributed by atoms with Gasteiger partial charge in [-0.25, -0.2) is 0 Å². The van der Waals surface area contributed by atoms with E-state index in [1.807, 2.05) is 30.3 Å². The van der Waals surface area contributed by atoms with Crippen molar-refractivity contribution >= 4 is 5.91 Å². The predicted molar refractivity (Wildman–Crippen MR) is 84.0 cm³/mol. The second kappa shape index (κ2) is 5.36. The molecule has 4 atom stereocenters. The van der Waals surface area contributed by atoms with Crippen LogP contribution in [0.25, 0.3) is 0 Å². The van der Waals surface area contributed by atoms with Crippen LogP contribution in [0, 0.1) is 23.7 Å². The Bertz CT molecular complexity index is 547. The fourth-order valence-electron chi connectivity index (χ4n) is 4.27. The first-order valence-corrected chi connectivity index (χ1v) is 8.48. The molecule has 1 aromatic carbocycles. The third-order valence-corrected chi connectivity index (χ3v) is 6.02. The number of carbonyl (C=O) groups is 1. The zero-order chi connectivity index (χ0) is 15.2. The van der Waals surface area contributed by atoms with Crippen molar-refractivity contribution in [1.29, 1.82) is 0 Å². The molecule has 1 amide bonds. The molecule has 0 radical (unpaired) electrons. The lowest BCUT2D eigenvalue weighted by Gasteiger charge is -2.40. The summed E-state index contributed by atoms with van der Waals surface area (Å²) >= 11 is 0. The maximum atomic E-state index is 12.8. The summed E-state index contributed by atoms with van der Waals surface area (Å²) in [7, 11) is 0. The molecule has 0 aromatic heterocycles. The molecule has 3 fully saturated rings. The molecule has 1 aromatic rings. The van der Waals surface area contributed by atoms with Crippen molar-refractivity contribution < 1.29 is 9.90 Å². The number of benzene rings is 1. The van der Waals surface area contributed by atoms with E-state index < -0.39 is 5.60 Å². The van der Waals surface area contributed by atoms with Crippen LogP contribution in [0.15, 0.2) is 30.3 Å². The Morgan fingerprint density at radius 1 is 1.23 bits per heavy atom. The largest absolute Gasteiger partial charge is 0.375 e. The van der Waals surface area contributed by atoms with Gasteiger partial charge in [-0.3, -0.25) is 4.79 Å². The Morgan fingerprint density at radius 3 is 2.50 bits per heavy atom. The van der Waals surface area contributed by atoms with Gasteiger partial charge in [0.2, 0.25) is 0 Å². The molecule has 0 spiro atoms. The Morgan fingerprint density at radius 2 is 1.91 bits per heavy atom. The summed E-state index contributed by atoms with van der Waals surface area (Å²) < 4.78 is 0. The van der Waals surface area contributed by atoms with E-state index >= 15 is 0 Å². The van der Waals surface area contributed by atoms with Gasteiger partial charge in [0.15, 0.2) is 5.60 Å². The van der Waals surface area contributed by atoms with Crippen molar-refractivity contribution in [3.8, 4) is 0 Å². The monoisotopic (exact) mass is 300 g/mol. The van der Waals surface area contributed by atoms with E-state index in [0.29, 0.717) is 12.5 Å². The van der Waals surface area contributed by atoms with Gasteiger partial charge < -0.3 is 15.7 Å². The highest BCUT2D eigenvalue weighted by molar-refractivity contribution is 5.86. The lowest BCUT2D eigenvalue weighted by molar-refractivity contribution is -0.152. The molecule has 2 aliphatic carbocycles. The molecular formula is C18H24N2O2. The molecule has 3 aliphatic rings. The van der Waals surface area contributed by atoms with Crippen molar-refractivity contribution in [3.05, 3.63) is 35.9 Å². The van der Waals surface area contributed by atoms with Crippen molar-refractivity contribution in [1.82, 2.24) is 10.6 Å². The van der Waals surface area contributed by atoms with Crippen LogP contribution in [-0.2, 0) is 10.4 Å². The Hall–Kier alpha value is -1.39. The predicted octanol–water partition coefficient (Wildman–Crippen LogP) is 1.26. The van der Waals surface area contributed by atoms with E-state index in [2.05, 4.69) is 10.6 Å². The third-order valence-electron chi connectivity index (χ3n) is 6.02. The van der Waals surface area contributed by atoms with Crippen LogP contribution in [0.2, 0.25) is 0 Å². The Labute approximate surface area is 131 Å². The third kappa shape index (κ3) is 2.17. The average Bonchev–Trinajstić information content (AvgIpc) is 2.92. The normalized spacial score (nSPS) is 32.7. The van der Waals surface area contributed by atoms with Crippen molar-refractivity contribution in [2.24, 2.45) is 23.7 Å². The number of piperidine rings is 1. The first kappa shape index (κ1) is 14.2. The van der Waals surface area contributed by atoms with E-state index in [4.69, 9.17) is 0 Å². The zero-order valence-electron chi connectivity index (χ0n) is 12.8. The van der Waals surface area contributed by atoms with Gasteiger partial charge in [0.05, 0.1) is 0 Å². The zero-order valence-corrected chi connectivity index (χ0v) is 12.8. The van der Waals surface area contributed by atoms with Gasteiger partial charge in [-0.1, -0.05) is 36.8 Å². The van der Waals surface area contributed by atoms with Crippen molar-refractivity contribution in [3.63, 3.8) is 0 Å². The quantitative estimate of drug-likeness (QED) is 0.767. The highest BCUT2D eigenvalue weighted by Gasteiger charge is 2.53. The molecule has 118 valence electrons. The lowest BCUT2D eigenvalue weighted by Crippen LogP contribution is -2.52. The first-order valence-electron chi connectivity index (χ1n) is 8.48. The molecule has 0 bridgehead atoms. The molecule has 4 rings (SSSR count). The summed E-state index contributed by atoms with van der Waals surface area (Å²) in [5, 5.41) is 17.6. The van der Waals surface area contributed by atoms with Crippen LogP contribution in [0.3, 0.4) is 0 Å². The number of nitrogens with one attached hydrogen (secondary N) is 2. The summed E-state index contributed by atoms with van der Waals surface area (Å²) in [6.45, 7) is 2.87. The summed E-state index contributed by atoms with van der Waals surface area (Å²) in [5.74, 6) is 1.91. The minimum atomic E-state index is -1.36. The van der Waals surface area contributed by atoms with E-state index in [9.17, 15) is 9.90 Å². The molecule has 4 heteroatoms. The SMILES string of the molecule is O=C(NC[C@H]1C2CNC[C@@H]21)C(O)(c1ccccc1)C1CCC1. The van der Waals surface area contributed by atoms with Crippen molar-refractivity contribution in [2.75, 3.05) is 19.6 Å². The lowest BCUT2D eigenvalue weighted by atomic mass is 9.69. The topological polar surface area (TPSA) is 61.4 Å². The number of hydrogen-bond acceptors (Lipinski definition) is 3. The highest BCUT2D eigenvalue weighted by Crippen LogP contribution is 2.48. The second-order valence-corrected chi connectivity index (χ2v) is 7.12. The van der Waals surface area contributed by atoms with E-state index in [-0.39, 0.29) is 11.8 Å². The molecule has 1 heterocycles. The van der Waals surface area contributed by atoms with Crippen LogP contribution in [0.4, 0.5) is 0 Å². The van der Waals surface area contributed by atoms with Gasteiger partial charge in [-0.15, -0.1) is 0 Å². The number of aliphatic hydroxyl groups is 1. The van der Waals surface area contributed by atoms with Gasteiger partial charge in [-0.05, 0) is 49.2 Å². The maximum absolute atomic E-state index is 12.8. The number of hydrogen-bond donors (Lipinski definition) is 3. The number of carbonyl (C=O) groups excluding carboxylic acids is 1. The van der Waals surface area contributed by atoms with Gasteiger partial charge in [0, 0.05) is 12.5 Å². The van der Waals surface area contributed by atoms with Gasteiger partial charge >= 0.3 is 0 Å². The van der Waals surface area contributed by atoms with Crippen LogP contribution in [0.1, 0.15) is 24.8 Å². The maximum Gasteiger partial charge on any atom is 0.256 e. The molecule has 1 aliphatic heterocycles. The molecule has 22 heavy (non-hydrogen) atoms. The Balaban J connectivity index is 1.47. The van der Waals surface area contributed by atoms with Crippen LogP contribution < -0.4 is 10.6 Å². The minimum Gasteiger partial charge on any atom is -0.375 e. The smallest absolute Gasteiger partial charge is 0.256 e.